The second-order valence-corrected chi connectivity index (χ2v) is 9.96. The number of aromatic nitrogens is 1. The van der Waals surface area contributed by atoms with Crippen LogP contribution in [0.25, 0.3) is 10.9 Å². The lowest BCUT2D eigenvalue weighted by Gasteiger charge is -2.09. The van der Waals surface area contributed by atoms with Gasteiger partial charge in [-0.25, -0.2) is 12.8 Å². The number of fused-ring (bicyclic) bond motifs is 1. The van der Waals surface area contributed by atoms with Gasteiger partial charge in [0.25, 0.3) is 0 Å². The molecule has 0 spiro atoms. The molecule has 0 radical (unpaired) electrons. The van der Waals surface area contributed by atoms with Crippen LogP contribution in [-0.2, 0) is 26.9 Å². The predicted octanol–water partition coefficient (Wildman–Crippen LogP) is 5.70. The van der Waals surface area contributed by atoms with Crippen molar-refractivity contribution in [2.24, 2.45) is 0 Å². The normalized spacial score (nSPS) is 11.6. The van der Waals surface area contributed by atoms with Gasteiger partial charge < -0.3 is 9.88 Å². The molecule has 164 valence electrons. The zero-order chi connectivity index (χ0) is 22.9. The van der Waals surface area contributed by atoms with Crippen molar-refractivity contribution in [3.8, 4) is 0 Å². The molecule has 0 saturated carbocycles. The van der Waals surface area contributed by atoms with E-state index in [0.29, 0.717) is 26.6 Å². The third-order valence-electron chi connectivity index (χ3n) is 4.91. The molecule has 4 aromatic rings. The lowest BCUT2D eigenvalue weighted by molar-refractivity contribution is -0.116. The van der Waals surface area contributed by atoms with Crippen molar-refractivity contribution < 1.29 is 17.6 Å². The fourth-order valence-corrected chi connectivity index (χ4v) is 5.36. The number of hydrogen-bond donors (Lipinski definition) is 1. The van der Waals surface area contributed by atoms with Crippen LogP contribution in [-0.4, -0.2) is 18.9 Å². The summed E-state index contributed by atoms with van der Waals surface area (Å²) in [5.74, 6) is -1.48. The van der Waals surface area contributed by atoms with Gasteiger partial charge >= 0.3 is 0 Å². The molecule has 0 bridgehead atoms. The molecule has 0 aliphatic rings. The molecule has 3 aromatic carbocycles. The SMILES string of the molecule is O=C(Cn1cc(S(=O)(=O)Cc2ccccc2F)c2ccccc21)Nc1cc(Cl)ccc1Cl. The highest BCUT2D eigenvalue weighted by Crippen LogP contribution is 2.29. The summed E-state index contributed by atoms with van der Waals surface area (Å²) in [5, 5.41) is 3.88. The van der Waals surface area contributed by atoms with Crippen molar-refractivity contribution in [2.75, 3.05) is 5.32 Å². The summed E-state index contributed by atoms with van der Waals surface area (Å²) in [6, 6.07) is 17.3. The van der Waals surface area contributed by atoms with E-state index in [4.69, 9.17) is 23.2 Å². The second-order valence-electron chi connectivity index (χ2n) is 7.16. The average molecular weight is 491 g/mol. The summed E-state index contributed by atoms with van der Waals surface area (Å²) < 4.78 is 41.8. The van der Waals surface area contributed by atoms with Gasteiger partial charge in [-0.3, -0.25) is 4.79 Å². The van der Waals surface area contributed by atoms with Crippen LogP contribution in [0.4, 0.5) is 10.1 Å². The number of sulfone groups is 1. The van der Waals surface area contributed by atoms with E-state index in [1.165, 1.54) is 35.0 Å². The van der Waals surface area contributed by atoms with Crippen molar-refractivity contribution in [1.82, 2.24) is 4.57 Å². The molecule has 4 rings (SSSR count). The summed E-state index contributed by atoms with van der Waals surface area (Å²) in [6.07, 6.45) is 1.40. The lowest BCUT2D eigenvalue weighted by atomic mass is 10.2. The number of amides is 1. The Kier molecular flexibility index (Phi) is 6.24. The van der Waals surface area contributed by atoms with Crippen molar-refractivity contribution >= 4 is 55.5 Å². The number of nitrogens with one attached hydrogen (secondary N) is 1. The minimum absolute atomic E-state index is 0.0324. The third-order valence-corrected chi connectivity index (χ3v) is 7.16. The Morgan fingerprint density at radius 3 is 2.50 bits per heavy atom. The highest BCUT2D eigenvalue weighted by atomic mass is 35.5. The van der Waals surface area contributed by atoms with Gasteiger partial charge in [-0.05, 0) is 30.3 Å². The molecule has 1 amide bonds. The number of hydrogen-bond acceptors (Lipinski definition) is 3. The molecule has 32 heavy (non-hydrogen) atoms. The minimum Gasteiger partial charge on any atom is -0.337 e. The first-order valence-electron chi connectivity index (χ1n) is 9.53. The number of benzene rings is 3. The van der Waals surface area contributed by atoms with E-state index < -0.39 is 27.3 Å². The molecular formula is C23H17Cl2FN2O3S. The molecule has 0 unspecified atom stereocenters. The standard InChI is InChI=1S/C23H17Cl2FN2O3S/c24-16-9-10-18(25)20(11-16)27-23(29)13-28-12-22(17-6-2-4-8-21(17)28)32(30,31)14-15-5-1-3-7-19(15)26/h1-12H,13-14H2,(H,27,29). The van der Waals surface area contributed by atoms with Gasteiger partial charge in [-0.15, -0.1) is 0 Å². The zero-order valence-corrected chi connectivity index (χ0v) is 18.9. The van der Waals surface area contributed by atoms with Crippen LogP contribution >= 0.6 is 23.2 Å². The van der Waals surface area contributed by atoms with Crippen LogP contribution in [0.3, 0.4) is 0 Å². The fraction of sp³-hybridized carbons (Fsp3) is 0.0870. The molecule has 1 N–H and O–H groups in total. The summed E-state index contributed by atoms with van der Waals surface area (Å²) >= 11 is 12.1. The van der Waals surface area contributed by atoms with Gasteiger partial charge in [-0.1, -0.05) is 59.6 Å². The van der Waals surface area contributed by atoms with E-state index >= 15 is 0 Å². The average Bonchev–Trinajstić information content (AvgIpc) is 3.12. The number of anilines is 1. The first-order valence-corrected chi connectivity index (χ1v) is 11.9. The third kappa shape index (κ3) is 4.65. The Bertz CT molecular complexity index is 1430. The molecule has 1 aromatic heterocycles. The smallest absolute Gasteiger partial charge is 0.244 e. The van der Waals surface area contributed by atoms with Gasteiger partial charge in [-0.2, -0.15) is 0 Å². The number of para-hydroxylation sites is 1. The Balaban J connectivity index is 1.66. The van der Waals surface area contributed by atoms with E-state index in [0.717, 1.165) is 0 Å². The van der Waals surface area contributed by atoms with Crippen molar-refractivity contribution in [2.45, 2.75) is 17.2 Å². The summed E-state index contributed by atoms with van der Waals surface area (Å²) in [5.41, 5.74) is 0.998. The predicted molar refractivity (Wildman–Crippen MR) is 124 cm³/mol. The topological polar surface area (TPSA) is 68.2 Å². The maximum Gasteiger partial charge on any atom is 0.244 e. The maximum atomic E-state index is 14.1. The minimum atomic E-state index is -3.88. The first-order chi connectivity index (χ1) is 15.2. The Labute approximate surface area is 194 Å². The van der Waals surface area contributed by atoms with Crippen molar-refractivity contribution in [3.63, 3.8) is 0 Å². The number of rotatable bonds is 6. The van der Waals surface area contributed by atoms with Crippen LogP contribution in [0.15, 0.2) is 77.8 Å². The van der Waals surface area contributed by atoms with E-state index in [9.17, 15) is 17.6 Å². The molecule has 1 heterocycles. The Morgan fingerprint density at radius 2 is 1.72 bits per heavy atom. The van der Waals surface area contributed by atoms with Gasteiger partial charge in [0.1, 0.15) is 12.4 Å². The number of halogens is 3. The highest BCUT2D eigenvalue weighted by Gasteiger charge is 2.23. The first kappa shape index (κ1) is 22.3. The molecule has 5 nitrogen and oxygen atoms in total. The summed E-state index contributed by atoms with van der Waals surface area (Å²) in [6.45, 7) is -0.154. The second kappa shape index (κ2) is 8.94. The van der Waals surface area contributed by atoms with Crippen LogP contribution < -0.4 is 5.32 Å². The van der Waals surface area contributed by atoms with Gasteiger partial charge in [0.2, 0.25) is 5.91 Å². The van der Waals surface area contributed by atoms with Crippen molar-refractivity contribution in [1.29, 1.82) is 0 Å². The number of carbonyl (C=O) groups is 1. The van der Waals surface area contributed by atoms with Crippen LogP contribution in [0.5, 0.6) is 0 Å². The maximum absolute atomic E-state index is 14.1. The van der Waals surface area contributed by atoms with Crippen LogP contribution in [0, 0.1) is 5.82 Å². The molecular weight excluding hydrogens is 474 g/mol. The molecule has 0 saturated heterocycles. The number of carbonyl (C=O) groups excluding carboxylic acids is 1. The summed E-state index contributed by atoms with van der Waals surface area (Å²) in [4.78, 5) is 12.7. The fourth-order valence-electron chi connectivity index (χ4n) is 3.43. The Hall–Kier alpha value is -2.87. The Morgan fingerprint density at radius 1 is 1.00 bits per heavy atom. The molecule has 0 atom stereocenters. The van der Waals surface area contributed by atoms with E-state index in [1.807, 2.05) is 0 Å². The van der Waals surface area contributed by atoms with Crippen molar-refractivity contribution in [3.05, 3.63) is 94.4 Å². The highest BCUT2D eigenvalue weighted by molar-refractivity contribution is 7.90. The van der Waals surface area contributed by atoms with Crippen LogP contribution in [0.2, 0.25) is 10.0 Å². The van der Waals surface area contributed by atoms with Gasteiger partial charge in [0, 0.05) is 27.7 Å². The molecule has 9 heteroatoms. The largest absolute Gasteiger partial charge is 0.337 e. The zero-order valence-electron chi connectivity index (χ0n) is 16.6. The molecule has 0 fully saturated rings. The summed E-state index contributed by atoms with van der Waals surface area (Å²) in [7, 11) is -3.88. The van der Waals surface area contributed by atoms with Crippen LogP contribution in [0.1, 0.15) is 5.56 Å². The lowest BCUT2D eigenvalue weighted by Crippen LogP contribution is -2.18. The molecule has 0 aliphatic carbocycles. The van der Waals surface area contributed by atoms with Gasteiger partial charge in [0.05, 0.1) is 21.4 Å². The van der Waals surface area contributed by atoms with E-state index in [2.05, 4.69) is 5.32 Å². The number of nitrogens with zero attached hydrogens (tertiary/aromatic N) is 1. The monoisotopic (exact) mass is 490 g/mol. The van der Waals surface area contributed by atoms with E-state index in [1.54, 1.807) is 42.5 Å². The van der Waals surface area contributed by atoms with Gasteiger partial charge in [0.15, 0.2) is 9.84 Å². The van der Waals surface area contributed by atoms with E-state index in [-0.39, 0.29) is 17.0 Å². The molecule has 0 aliphatic heterocycles. The quantitative estimate of drug-likeness (QED) is 0.376.